The highest BCUT2D eigenvalue weighted by Crippen LogP contribution is 2.13. The number of terminal acetylenes is 1. The van der Waals surface area contributed by atoms with Gasteiger partial charge in [0.2, 0.25) is 0 Å². The number of carbonyl (C=O) groups excluding carboxylic acids is 1. The summed E-state index contributed by atoms with van der Waals surface area (Å²) in [4.78, 5) is 24.0. The number of likely N-dealkylation sites (tertiary alicyclic amines) is 1. The van der Waals surface area contributed by atoms with E-state index in [9.17, 15) is 9.59 Å². The maximum atomic E-state index is 11.9. The number of ether oxygens (including phenoxy) is 1. The number of hydrogen-bond acceptors (Lipinski definition) is 3. The highest BCUT2D eigenvalue weighted by atomic mass is 16.5. The Labute approximate surface area is 113 Å². The predicted octanol–water partition coefficient (Wildman–Crippen LogP) is 0.673. The van der Waals surface area contributed by atoms with Crippen molar-refractivity contribution in [3.05, 3.63) is 0 Å². The van der Waals surface area contributed by atoms with Gasteiger partial charge in [-0.15, -0.1) is 12.3 Å². The summed E-state index contributed by atoms with van der Waals surface area (Å²) in [5.74, 6) is 1.53. The molecular weight excluding hydrogens is 248 g/mol. The van der Waals surface area contributed by atoms with Crippen LogP contribution in [0.25, 0.3) is 0 Å². The fourth-order valence-electron chi connectivity index (χ4n) is 1.94. The van der Waals surface area contributed by atoms with Gasteiger partial charge in [-0.3, -0.25) is 0 Å². The van der Waals surface area contributed by atoms with Gasteiger partial charge < -0.3 is 20.1 Å². The van der Waals surface area contributed by atoms with Gasteiger partial charge in [0.1, 0.15) is 6.61 Å². The van der Waals surface area contributed by atoms with Crippen molar-refractivity contribution >= 4 is 12.0 Å². The van der Waals surface area contributed by atoms with Crippen LogP contribution in [0.1, 0.15) is 26.2 Å². The van der Waals surface area contributed by atoms with Crippen LogP contribution >= 0.6 is 0 Å². The summed E-state index contributed by atoms with van der Waals surface area (Å²) in [6, 6.07) is -0.169. The van der Waals surface area contributed by atoms with Crippen LogP contribution in [0.4, 0.5) is 4.79 Å². The fourth-order valence-corrected chi connectivity index (χ4v) is 1.94. The van der Waals surface area contributed by atoms with E-state index in [0.717, 1.165) is 0 Å². The lowest BCUT2D eigenvalue weighted by molar-refractivity contribution is -0.145. The molecule has 0 aromatic heterocycles. The summed E-state index contributed by atoms with van der Waals surface area (Å²) in [5, 5.41) is 11.3. The molecule has 0 aromatic carbocycles. The Hall–Kier alpha value is -1.74. The monoisotopic (exact) mass is 268 g/mol. The summed E-state index contributed by atoms with van der Waals surface area (Å²) in [7, 11) is 0. The average Bonchev–Trinajstić information content (AvgIpc) is 2.37. The highest BCUT2D eigenvalue weighted by Gasteiger charge is 2.24. The Morgan fingerprint density at radius 1 is 1.53 bits per heavy atom. The van der Waals surface area contributed by atoms with Crippen LogP contribution in [-0.2, 0) is 9.53 Å². The first-order chi connectivity index (χ1) is 9.02. The Balaban J connectivity index is 2.27. The molecule has 1 aliphatic heterocycles. The third-order valence-electron chi connectivity index (χ3n) is 2.97. The molecule has 1 atom stereocenters. The Kier molecular flexibility index (Phi) is 6.16. The van der Waals surface area contributed by atoms with Crippen molar-refractivity contribution in [3.8, 4) is 12.3 Å². The maximum absolute atomic E-state index is 11.9. The fraction of sp³-hybridized carbons (Fsp3) is 0.692. The van der Waals surface area contributed by atoms with E-state index >= 15 is 0 Å². The second-order valence-corrected chi connectivity index (χ2v) is 4.65. The quantitative estimate of drug-likeness (QED) is 0.718. The van der Waals surface area contributed by atoms with E-state index in [2.05, 4.69) is 11.2 Å². The lowest BCUT2D eigenvalue weighted by Gasteiger charge is -2.32. The normalized spacial score (nSPS) is 17.6. The molecule has 0 spiro atoms. The molecule has 0 aliphatic carbocycles. The van der Waals surface area contributed by atoms with Gasteiger partial charge in [-0.2, -0.15) is 0 Å². The molecule has 2 N–H and O–H groups in total. The number of aliphatic carboxylic acids is 1. The van der Waals surface area contributed by atoms with Gasteiger partial charge >= 0.3 is 12.0 Å². The summed E-state index contributed by atoms with van der Waals surface area (Å²) >= 11 is 0. The van der Waals surface area contributed by atoms with Crippen LogP contribution in [0.15, 0.2) is 0 Å². The number of nitrogens with one attached hydrogen (secondary N) is 1. The molecule has 1 fully saturated rings. The third kappa shape index (κ3) is 5.62. The van der Waals surface area contributed by atoms with Gasteiger partial charge in [0.25, 0.3) is 0 Å². The second-order valence-electron chi connectivity index (χ2n) is 4.65. The van der Waals surface area contributed by atoms with E-state index in [-0.39, 0.29) is 24.8 Å². The van der Waals surface area contributed by atoms with Gasteiger partial charge in [0.15, 0.2) is 0 Å². The standard InChI is InChI=1S/C13H20N2O4/c1-3-4-10(2)14-13(18)15-7-5-11(6-8-15)19-9-12(16)17/h1,10-11H,4-9H2,2H3,(H,14,18)(H,16,17). The molecule has 1 saturated heterocycles. The highest BCUT2D eigenvalue weighted by molar-refractivity contribution is 5.74. The molecule has 6 heteroatoms. The average molecular weight is 268 g/mol. The molecule has 19 heavy (non-hydrogen) atoms. The van der Waals surface area contributed by atoms with E-state index in [1.165, 1.54) is 0 Å². The summed E-state index contributed by atoms with van der Waals surface area (Å²) < 4.78 is 5.21. The molecule has 1 rings (SSSR count). The molecule has 1 unspecified atom stereocenters. The first kappa shape index (κ1) is 15.3. The minimum Gasteiger partial charge on any atom is -0.480 e. The molecule has 0 aromatic rings. The molecule has 6 nitrogen and oxygen atoms in total. The zero-order valence-electron chi connectivity index (χ0n) is 11.1. The molecule has 1 aliphatic rings. The Morgan fingerprint density at radius 2 is 2.16 bits per heavy atom. The lowest BCUT2D eigenvalue weighted by atomic mass is 10.1. The number of carboxylic acids is 1. The summed E-state index contributed by atoms with van der Waals surface area (Å²) in [6.45, 7) is 2.72. The zero-order chi connectivity index (χ0) is 14.3. The smallest absolute Gasteiger partial charge is 0.329 e. The predicted molar refractivity (Wildman–Crippen MR) is 69.6 cm³/mol. The number of nitrogens with zero attached hydrogens (tertiary/aromatic N) is 1. The van der Waals surface area contributed by atoms with Crippen LogP contribution in [0, 0.1) is 12.3 Å². The van der Waals surface area contributed by atoms with Gasteiger partial charge in [-0.25, -0.2) is 9.59 Å². The lowest BCUT2D eigenvalue weighted by Crippen LogP contribution is -2.48. The van der Waals surface area contributed by atoms with E-state index in [0.29, 0.717) is 32.4 Å². The van der Waals surface area contributed by atoms with Gasteiger partial charge in [-0.1, -0.05) is 0 Å². The number of hydrogen-bond donors (Lipinski definition) is 2. The largest absolute Gasteiger partial charge is 0.480 e. The number of carboxylic acid groups (broad SMARTS) is 1. The van der Waals surface area contributed by atoms with Crippen LogP contribution in [0.3, 0.4) is 0 Å². The van der Waals surface area contributed by atoms with Crippen molar-refractivity contribution in [2.75, 3.05) is 19.7 Å². The van der Waals surface area contributed by atoms with E-state index in [4.69, 9.17) is 16.3 Å². The van der Waals surface area contributed by atoms with E-state index in [1.807, 2.05) is 6.92 Å². The van der Waals surface area contributed by atoms with E-state index < -0.39 is 5.97 Å². The number of urea groups is 1. The Bertz CT molecular complexity index is 356. The molecule has 0 bridgehead atoms. The van der Waals surface area contributed by atoms with Crippen molar-refractivity contribution < 1.29 is 19.4 Å². The zero-order valence-corrected chi connectivity index (χ0v) is 11.1. The van der Waals surface area contributed by atoms with Crippen molar-refractivity contribution in [3.63, 3.8) is 0 Å². The van der Waals surface area contributed by atoms with Crippen LogP contribution in [0.2, 0.25) is 0 Å². The number of carbonyl (C=O) groups is 2. The Morgan fingerprint density at radius 3 is 2.68 bits per heavy atom. The van der Waals surface area contributed by atoms with Crippen LogP contribution in [-0.4, -0.2) is 53.8 Å². The van der Waals surface area contributed by atoms with Crippen LogP contribution in [0.5, 0.6) is 0 Å². The molecular formula is C13H20N2O4. The first-order valence-corrected chi connectivity index (χ1v) is 6.35. The molecule has 1 heterocycles. The molecule has 0 radical (unpaired) electrons. The first-order valence-electron chi connectivity index (χ1n) is 6.35. The minimum absolute atomic E-state index is 0.0431. The number of piperidine rings is 1. The SMILES string of the molecule is C#CCC(C)NC(=O)N1CCC(OCC(=O)O)CC1. The third-order valence-corrected chi connectivity index (χ3v) is 2.97. The molecule has 0 saturated carbocycles. The van der Waals surface area contributed by atoms with Crippen LogP contribution < -0.4 is 5.32 Å². The van der Waals surface area contributed by atoms with Crippen molar-refractivity contribution in [2.24, 2.45) is 0 Å². The molecule has 2 amide bonds. The van der Waals surface area contributed by atoms with Crippen molar-refractivity contribution in [2.45, 2.75) is 38.3 Å². The van der Waals surface area contributed by atoms with Crippen molar-refractivity contribution in [1.82, 2.24) is 10.2 Å². The second kappa shape index (κ2) is 7.64. The summed E-state index contributed by atoms with van der Waals surface area (Å²) in [6.07, 6.45) is 6.92. The van der Waals surface area contributed by atoms with Crippen molar-refractivity contribution in [1.29, 1.82) is 0 Å². The minimum atomic E-state index is -0.969. The number of rotatable bonds is 5. The topological polar surface area (TPSA) is 78.9 Å². The van der Waals surface area contributed by atoms with Gasteiger partial charge in [0.05, 0.1) is 6.10 Å². The van der Waals surface area contributed by atoms with Gasteiger partial charge in [0, 0.05) is 25.6 Å². The summed E-state index contributed by atoms with van der Waals surface area (Å²) in [5.41, 5.74) is 0. The number of amides is 2. The van der Waals surface area contributed by atoms with Gasteiger partial charge in [-0.05, 0) is 19.8 Å². The maximum Gasteiger partial charge on any atom is 0.329 e. The molecule has 106 valence electrons. The van der Waals surface area contributed by atoms with E-state index in [1.54, 1.807) is 4.90 Å².